The molecule has 0 aromatic carbocycles. The summed E-state index contributed by atoms with van der Waals surface area (Å²) < 4.78 is 10.5. The van der Waals surface area contributed by atoms with E-state index in [9.17, 15) is 9.90 Å². The van der Waals surface area contributed by atoms with Crippen LogP contribution in [0.4, 0.5) is 0 Å². The van der Waals surface area contributed by atoms with Crippen molar-refractivity contribution in [2.24, 2.45) is 40.4 Å². The number of hydrogen-bond acceptors (Lipinski definition) is 4. The Kier molecular flexibility index (Phi) is 5.41. The van der Waals surface area contributed by atoms with Crippen molar-refractivity contribution in [3.63, 3.8) is 0 Å². The maximum Gasteiger partial charge on any atom is 0.170 e. The molecular formula is C25H33BrO4. The van der Waals surface area contributed by atoms with Gasteiger partial charge >= 0.3 is 0 Å². The first-order valence-electron chi connectivity index (χ1n) is 11.5. The molecule has 0 radical (unpaired) electrons. The predicted octanol–water partition coefficient (Wildman–Crippen LogP) is 4.78. The highest BCUT2D eigenvalue weighted by Gasteiger charge is 2.70. The highest BCUT2D eigenvalue weighted by molar-refractivity contribution is 9.11. The summed E-state index contributed by atoms with van der Waals surface area (Å²) >= 11 is 3.44. The lowest BCUT2D eigenvalue weighted by molar-refractivity contribution is -0.119. The van der Waals surface area contributed by atoms with Crippen LogP contribution >= 0.6 is 15.9 Å². The molecule has 5 heteroatoms. The third-order valence-corrected chi connectivity index (χ3v) is 9.61. The van der Waals surface area contributed by atoms with Gasteiger partial charge in [-0.15, -0.1) is 0 Å². The maximum atomic E-state index is 13.3. The number of aliphatic hydroxyl groups is 1. The average Bonchev–Trinajstić information content (AvgIpc) is 3.27. The van der Waals surface area contributed by atoms with Gasteiger partial charge in [-0.05, 0) is 84.2 Å². The topological polar surface area (TPSA) is 55.8 Å². The van der Waals surface area contributed by atoms with Gasteiger partial charge in [0.25, 0.3) is 0 Å². The van der Waals surface area contributed by atoms with E-state index in [1.165, 1.54) is 24.0 Å². The Morgan fingerprint density at radius 2 is 2.10 bits per heavy atom. The summed E-state index contributed by atoms with van der Waals surface area (Å²) in [5.41, 5.74) is 2.23. The van der Waals surface area contributed by atoms with Crippen LogP contribution < -0.4 is 0 Å². The molecule has 0 heterocycles. The molecule has 5 rings (SSSR count). The van der Waals surface area contributed by atoms with Crippen LogP contribution in [0, 0.1) is 40.4 Å². The molecule has 0 spiro atoms. The normalized spacial score (nSPS) is 48.2. The fourth-order valence-electron chi connectivity index (χ4n) is 7.97. The molecular weight excluding hydrogens is 444 g/mol. The summed E-state index contributed by atoms with van der Waals surface area (Å²) in [6, 6.07) is 0. The van der Waals surface area contributed by atoms with Gasteiger partial charge in [-0.3, -0.25) is 4.79 Å². The Morgan fingerprint density at radius 1 is 1.27 bits per heavy atom. The zero-order chi connectivity index (χ0) is 21.1. The van der Waals surface area contributed by atoms with Crippen LogP contribution in [0.25, 0.3) is 0 Å². The van der Waals surface area contributed by atoms with Gasteiger partial charge in [0.2, 0.25) is 0 Å². The number of methoxy groups -OCH3 is 1. The maximum absolute atomic E-state index is 13.3. The van der Waals surface area contributed by atoms with E-state index in [2.05, 4.69) is 35.0 Å². The molecule has 2 unspecified atom stereocenters. The number of ether oxygens (including phenoxy) is 2. The Balaban J connectivity index is 1.47. The van der Waals surface area contributed by atoms with Crippen LogP contribution in [0.15, 0.2) is 34.4 Å². The average molecular weight is 477 g/mol. The Morgan fingerprint density at radius 3 is 2.87 bits per heavy atom. The molecule has 0 amide bonds. The highest BCUT2D eigenvalue weighted by Crippen LogP contribution is 2.72. The zero-order valence-electron chi connectivity index (χ0n) is 18.0. The van der Waals surface area contributed by atoms with Gasteiger partial charge in [-0.2, -0.15) is 0 Å². The first-order chi connectivity index (χ1) is 14.5. The van der Waals surface area contributed by atoms with Gasteiger partial charge in [0, 0.05) is 13.0 Å². The summed E-state index contributed by atoms with van der Waals surface area (Å²) in [7, 11) is 1.62. The molecule has 0 bridgehead atoms. The minimum atomic E-state index is -0.480. The molecule has 8 atom stereocenters. The predicted molar refractivity (Wildman–Crippen MR) is 119 cm³/mol. The van der Waals surface area contributed by atoms with E-state index < -0.39 is 5.41 Å². The first kappa shape index (κ1) is 21.1. The van der Waals surface area contributed by atoms with Gasteiger partial charge < -0.3 is 14.6 Å². The highest BCUT2D eigenvalue weighted by atomic mass is 79.9. The van der Waals surface area contributed by atoms with E-state index in [1.807, 2.05) is 11.1 Å². The van der Waals surface area contributed by atoms with Gasteiger partial charge in [0.05, 0.1) is 18.1 Å². The number of rotatable bonds is 5. The molecule has 1 N–H and O–H groups in total. The van der Waals surface area contributed by atoms with Crippen molar-refractivity contribution >= 4 is 21.7 Å². The van der Waals surface area contributed by atoms with Gasteiger partial charge in [0.15, 0.2) is 5.78 Å². The van der Waals surface area contributed by atoms with Crippen molar-refractivity contribution in [2.45, 2.75) is 51.6 Å². The summed E-state index contributed by atoms with van der Waals surface area (Å²) in [4.78, 5) is 15.1. The summed E-state index contributed by atoms with van der Waals surface area (Å²) in [5.74, 6) is 2.90. The minimum absolute atomic E-state index is 0.0932. The largest absolute Gasteiger partial charge is 0.393 e. The van der Waals surface area contributed by atoms with Crippen molar-refractivity contribution in [3.8, 4) is 0 Å². The van der Waals surface area contributed by atoms with E-state index in [-0.39, 0.29) is 30.0 Å². The third kappa shape index (κ3) is 2.84. The van der Waals surface area contributed by atoms with Gasteiger partial charge in [-0.25, -0.2) is 0 Å². The molecule has 4 fully saturated rings. The number of halogens is 1. The molecule has 5 aliphatic carbocycles. The van der Waals surface area contributed by atoms with Crippen molar-refractivity contribution in [1.29, 1.82) is 0 Å². The molecule has 0 saturated heterocycles. The van der Waals surface area contributed by atoms with Crippen LogP contribution in [0.5, 0.6) is 0 Å². The quantitative estimate of drug-likeness (QED) is 0.352. The number of carbonyl (C=O) groups is 1. The third-order valence-electron chi connectivity index (χ3n) is 9.35. The lowest BCUT2D eigenvalue weighted by Crippen LogP contribution is -2.48. The molecule has 30 heavy (non-hydrogen) atoms. The molecule has 4 saturated carbocycles. The van der Waals surface area contributed by atoms with E-state index in [1.54, 1.807) is 7.11 Å². The van der Waals surface area contributed by atoms with E-state index in [4.69, 9.17) is 9.47 Å². The number of hydrogen-bond donors (Lipinski definition) is 1. The molecule has 0 aromatic heterocycles. The van der Waals surface area contributed by atoms with Gasteiger partial charge in [0.1, 0.15) is 6.79 Å². The molecule has 0 aliphatic heterocycles. The number of allylic oxidation sites excluding steroid dienone is 3. The second-order valence-electron chi connectivity index (χ2n) is 10.3. The minimum Gasteiger partial charge on any atom is -0.393 e. The van der Waals surface area contributed by atoms with E-state index >= 15 is 0 Å². The van der Waals surface area contributed by atoms with Crippen molar-refractivity contribution in [1.82, 2.24) is 0 Å². The SMILES string of the molecule is COCOC/C=C1/C2[C@H]3C(=CC(=O)C12/C=C\Br)CC[C@@H]1[C@@H]3CC[C@]2(C)[C@@H](O)CC[C@@H]12. The number of ketones is 1. The van der Waals surface area contributed by atoms with Crippen molar-refractivity contribution in [3.05, 3.63) is 34.4 Å². The lowest BCUT2D eigenvalue weighted by atomic mass is 9.51. The van der Waals surface area contributed by atoms with Crippen LogP contribution in [0.3, 0.4) is 0 Å². The Labute approximate surface area is 187 Å². The summed E-state index contributed by atoms with van der Waals surface area (Å²) in [6.07, 6.45) is 12.6. The lowest BCUT2D eigenvalue weighted by Gasteiger charge is -2.53. The van der Waals surface area contributed by atoms with E-state index in [0.29, 0.717) is 30.3 Å². The monoisotopic (exact) mass is 476 g/mol. The number of carbonyl (C=O) groups excluding carboxylic acids is 1. The van der Waals surface area contributed by atoms with Crippen LogP contribution in [0.2, 0.25) is 0 Å². The smallest absolute Gasteiger partial charge is 0.170 e. The second kappa shape index (κ2) is 7.68. The second-order valence-corrected chi connectivity index (χ2v) is 10.8. The Bertz CT molecular complexity index is 816. The molecule has 164 valence electrons. The zero-order valence-corrected chi connectivity index (χ0v) is 19.6. The van der Waals surface area contributed by atoms with E-state index in [0.717, 1.165) is 25.7 Å². The number of fused-ring (bicyclic) bond motifs is 7. The summed E-state index contributed by atoms with van der Waals surface area (Å²) in [6.45, 7) is 3.08. The Hall–Kier alpha value is -0.750. The first-order valence-corrected chi connectivity index (χ1v) is 12.4. The molecule has 4 nitrogen and oxygen atoms in total. The van der Waals surface area contributed by atoms with Crippen LogP contribution in [0.1, 0.15) is 45.4 Å². The number of aliphatic hydroxyl groups excluding tert-OH is 1. The van der Waals surface area contributed by atoms with Gasteiger partial charge in [-0.1, -0.05) is 40.6 Å². The fourth-order valence-corrected chi connectivity index (χ4v) is 8.38. The van der Waals surface area contributed by atoms with Crippen molar-refractivity contribution in [2.75, 3.05) is 20.5 Å². The summed E-state index contributed by atoms with van der Waals surface area (Å²) in [5, 5.41) is 10.7. The molecule has 0 aromatic rings. The standard InChI is InChI=1S/C25H33BrO4/c1-24-9-7-17-16(18(24)5-6-20(24)27)4-3-15-13-21(28)25(10-11-26)19(23(25)22(15)17)8-12-30-14-29-2/h8,10-11,13,16-18,20,22-23,27H,3-7,9,12,14H2,1-2H3/b11-10-,19-8-/t16-,17+,18+,20+,22+,23?,24+,25?/m1/s1. The van der Waals surface area contributed by atoms with Crippen LogP contribution in [-0.4, -0.2) is 37.5 Å². The van der Waals surface area contributed by atoms with Crippen LogP contribution in [-0.2, 0) is 14.3 Å². The molecule has 5 aliphatic rings. The van der Waals surface area contributed by atoms with Crippen molar-refractivity contribution < 1.29 is 19.4 Å². The fraction of sp³-hybridized carbons (Fsp3) is 0.720.